The van der Waals surface area contributed by atoms with E-state index in [0.29, 0.717) is 18.2 Å². The lowest BCUT2D eigenvalue weighted by atomic mass is 9.96. The molecule has 0 spiro atoms. The molecule has 0 bridgehead atoms. The number of alkyl halides is 3. The van der Waals surface area contributed by atoms with Crippen molar-refractivity contribution in [2.75, 3.05) is 42.6 Å². The number of halogens is 3. The predicted molar refractivity (Wildman–Crippen MR) is 86.9 cm³/mol. The molecule has 3 heterocycles. The smallest absolute Gasteiger partial charge is 0.394 e. The minimum Gasteiger partial charge on any atom is -0.481 e. The Labute approximate surface area is 148 Å². The van der Waals surface area contributed by atoms with Crippen LogP contribution in [0.15, 0.2) is 12.4 Å². The van der Waals surface area contributed by atoms with E-state index in [1.54, 1.807) is 6.07 Å². The number of nitrogens with zero attached hydrogens (tertiary/aromatic N) is 4. The van der Waals surface area contributed by atoms with Crippen LogP contribution in [0.25, 0.3) is 0 Å². The number of aliphatic carboxylic acids is 1. The Kier molecular flexibility index (Phi) is 5.22. The van der Waals surface area contributed by atoms with E-state index in [-0.39, 0.29) is 19.1 Å². The van der Waals surface area contributed by atoms with Gasteiger partial charge in [0.25, 0.3) is 0 Å². The van der Waals surface area contributed by atoms with Crippen molar-refractivity contribution >= 4 is 17.6 Å². The summed E-state index contributed by atoms with van der Waals surface area (Å²) in [4.78, 5) is 22.8. The van der Waals surface area contributed by atoms with Gasteiger partial charge in [0.1, 0.15) is 18.0 Å². The standard InChI is InChI=1S/C16H21F3N4O3/c17-16(18,19)12-7-23(6-11(12)15(25)26)14-4-13(20-9-21-14)22-3-1-2-10(5-22)8-24/h4,9-12,24H,1-3,5-8H2,(H,25,26)/t10?,11-,12-/m1/s1. The second-order valence-electron chi connectivity index (χ2n) is 6.87. The summed E-state index contributed by atoms with van der Waals surface area (Å²) in [6.45, 7) is 0.769. The van der Waals surface area contributed by atoms with Gasteiger partial charge in [0.2, 0.25) is 0 Å². The number of carboxylic acid groups (broad SMARTS) is 1. The lowest BCUT2D eigenvalue weighted by molar-refractivity contribution is -0.187. The van der Waals surface area contributed by atoms with Crippen LogP contribution >= 0.6 is 0 Å². The lowest BCUT2D eigenvalue weighted by Crippen LogP contribution is -2.37. The number of aliphatic hydroxyl groups excluding tert-OH is 1. The first kappa shape index (κ1) is 18.7. The largest absolute Gasteiger partial charge is 0.481 e. The van der Waals surface area contributed by atoms with Gasteiger partial charge in [-0.3, -0.25) is 4.79 Å². The van der Waals surface area contributed by atoms with Gasteiger partial charge in [-0.1, -0.05) is 0 Å². The topological polar surface area (TPSA) is 89.8 Å². The average Bonchev–Trinajstić information content (AvgIpc) is 3.08. The summed E-state index contributed by atoms with van der Waals surface area (Å²) >= 11 is 0. The van der Waals surface area contributed by atoms with Crippen LogP contribution in [0, 0.1) is 17.8 Å². The Bertz CT molecular complexity index is 658. The number of rotatable bonds is 4. The van der Waals surface area contributed by atoms with Crippen molar-refractivity contribution < 1.29 is 28.2 Å². The van der Waals surface area contributed by atoms with E-state index in [4.69, 9.17) is 5.11 Å². The molecule has 1 aromatic rings. The average molecular weight is 374 g/mol. The molecule has 1 unspecified atom stereocenters. The Balaban J connectivity index is 1.79. The molecule has 7 nitrogen and oxygen atoms in total. The summed E-state index contributed by atoms with van der Waals surface area (Å²) in [7, 11) is 0. The third kappa shape index (κ3) is 3.84. The molecule has 0 saturated carbocycles. The molecular weight excluding hydrogens is 353 g/mol. The van der Waals surface area contributed by atoms with Crippen LogP contribution in [-0.4, -0.2) is 65.1 Å². The fourth-order valence-corrected chi connectivity index (χ4v) is 3.68. The SMILES string of the molecule is O=C(O)[C@@H]1CN(c2cc(N3CCCC(CO)C3)ncn2)C[C@H]1C(F)(F)F. The lowest BCUT2D eigenvalue weighted by Gasteiger charge is -2.33. The number of carboxylic acids is 1. The zero-order valence-electron chi connectivity index (χ0n) is 14.1. The summed E-state index contributed by atoms with van der Waals surface area (Å²) in [5.74, 6) is -3.88. The van der Waals surface area contributed by atoms with E-state index in [0.717, 1.165) is 19.4 Å². The Morgan fingerprint density at radius 1 is 1.19 bits per heavy atom. The van der Waals surface area contributed by atoms with Crippen LogP contribution in [0.3, 0.4) is 0 Å². The number of hydrogen-bond donors (Lipinski definition) is 2. The molecule has 2 fully saturated rings. The van der Waals surface area contributed by atoms with Gasteiger partial charge in [0.05, 0.1) is 11.8 Å². The highest BCUT2D eigenvalue weighted by Gasteiger charge is 2.52. The molecule has 10 heteroatoms. The van der Waals surface area contributed by atoms with Crippen LogP contribution in [0.4, 0.5) is 24.8 Å². The molecule has 0 aromatic carbocycles. The van der Waals surface area contributed by atoms with Gasteiger partial charge >= 0.3 is 12.1 Å². The van der Waals surface area contributed by atoms with E-state index in [1.807, 2.05) is 4.90 Å². The van der Waals surface area contributed by atoms with Crippen molar-refractivity contribution in [3.63, 3.8) is 0 Å². The summed E-state index contributed by atoms with van der Waals surface area (Å²) in [5.41, 5.74) is 0. The van der Waals surface area contributed by atoms with Crippen molar-refractivity contribution in [1.82, 2.24) is 9.97 Å². The van der Waals surface area contributed by atoms with Crippen LogP contribution in [-0.2, 0) is 4.79 Å². The zero-order chi connectivity index (χ0) is 18.9. The van der Waals surface area contributed by atoms with Crippen LogP contribution < -0.4 is 9.80 Å². The highest BCUT2D eigenvalue weighted by molar-refractivity contribution is 5.72. The molecule has 2 aliphatic rings. The van der Waals surface area contributed by atoms with Gasteiger partial charge in [-0.05, 0) is 18.8 Å². The Morgan fingerprint density at radius 2 is 1.88 bits per heavy atom. The number of aliphatic hydroxyl groups is 1. The van der Waals surface area contributed by atoms with Gasteiger partial charge in [-0.25, -0.2) is 9.97 Å². The molecule has 0 amide bonds. The van der Waals surface area contributed by atoms with Gasteiger partial charge in [0.15, 0.2) is 0 Å². The van der Waals surface area contributed by atoms with Gasteiger partial charge in [-0.15, -0.1) is 0 Å². The monoisotopic (exact) mass is 374 g/mol. The van der Waals surface area contributed by atoms with Crippen molar-refractivity contribution in [2.45, 2.75) is 19.0 Å². The minimum absolute atomic E-state index is 0.0775. The van der Waals surface area contributed by atoms with E-state index >= 15 is 0 Å². The maximum absolute atomic E-state index is 13.2. The first-order valence-corrected chi connectivity index (χ1v) is 8.52. The molecule has 26 heavy (non-hydrogen) atoms. The van der Waals surface area contributed by atoms with Crippen molar-refractivity contribution in [3.05, 3.63) is 12.4 Å². The Hall–Kier alpha value is -2.10. The first-order chi connectivity index (χ1) is 12.3. The van der Waals surface area contributed by atoms with E-state index in [1.165, 1.54) is 11.2 Å². The molecular formula is C16H21F3N4O3. The highest BCUT2D eigenvalue weighted by Crippen LogP contribution is 2.39. The Morgan fingerprint density at radius 3 is 2.46 bits per heavy atom. The molecule has 2 aliphatic heterocycles. The second kappa shape index (κ2) is 7.26. The third-order valence-electron chi connectivity index (χ3n) is 5.12. The number of piperidine rings is 1. The van der Waals surface area contributed by atoms with Gasteiger partial charge in [0, 0.05) is 38.9 Å². The molecule has 3 rings (SSSR count). The van der Waals surface area contributed by atoms with E-state index in [2.05, 4.69) is 9.97 Å². The summed E-state index contributed by atoms with van der Waals surface area (Å²) in [6, 6.07) is 1.59. The zero-order valence-corrected chi connectivity index (χ0v) is 14.1. The minimum atomic E-state index is -4.57. The maximum atomic E-state index is 13.2. The fourth-order valence-electron chi connectivity index (χ4n) is 3.68. The third-order valence-corrected chi connectivity index (χ3v) is 5.12. The molecule has 2 saturated heterocycles. The first-order valence-electron chi connectivity index (χ1n) is 8.52. The quantitative estimate of drug-likeness (QED) is 0.823. The van der Waals surface area contributed by atoms with Crippen molar-refractivity contribution in [3.8, 4) is 0 Å². The van der Waals surface area contributed by atoms with E-state index in [9.17, 15) is 23.1 Å². The summed E-state index contributed by atoms with van der Waals surface area (Å²) < 4.78 is 39.5. The maximum Gasteiger partial charge on any atom is 0.394 e. The predicted octanol–water partition coefficient (Wildman–Crippen LogP) is 1.38. The number of anilines is 2. The van der Waals surface area contributed by atoms with Crippen molar-refractivity contribution in [1.29, 1.82) is 0 Å². The van der Waals surface area contributed by atoms with E-state index < -0.39 is 30.5 Å². The number of hydrogen-bond acceptors (Lipinski definition) is 6. The van der Waals surface area contributed by atoms with Crippen LogP contribution in [0.1, 0.15) is 12.8 Å². The number of carbonyl (C=O) groups is 1. The molecule has 0 radical (unpaired) electrons. The molecule has 144 valence electrons. The van der Waals surface area contributed by atoms with Crippen LogP contribution in [0.2, 0.25) is 0 Å². The molecule has 0 aliphatic carbocycles. The second-order valence-corrected chi connectivity index (χ2v) is 6.87. The van der Waals surface area contributed by atoms with Crippen molar-refractivity contribution in [2.24, 2.45) is 17.8 Å². The molecule has 1 aromatic heterocycles. The highest BCUT2D eigenvalue weighted by atomic mass is 19.4. The summed E-state index contributed by atoms with van der Waals surface area (Å²) in [6.07, 6.45) is -1.48. The van der Waals surface area contributed by atoms with Crippen LogP contribution in [0.5, 0.6) is 0 Å². The van der Waals surface area contributed by atoms with Gasteiger partial charge in [-0.2, -0.15) is 13.2 Å². The molecule has 2 N–H and O–H groups in total. The fraction of sp³-hybridized carbons (Fsp3) is 0.688. The number of aromatic nitrogens is 2. The normalized spacial score (nSPS) is 27.0. The summed E-state index contributed by atoms with van der Waals surface area (Å²) in [5, 5.41) is 18.5. The van der Waals surface area contributed by atoms with Gasteiger partial charge < -0.3 is 20.0 Å². The molecule has 3 atom stereocenters.